The largest absolute Gasteiger partial charge is 0.299 e. The van der Waals surface area contributed by atoms with Crippen LogP contribution in [-0.4, -0.2) is 15.6 Å². The van der Waals surface area contributed by atoms with Gasteiger partial charge in [-0.3, -0.25) is 9.48 Å². The van der Waals surface area contributed by atoms with Gasteiger partial charge in [-0.15, -0.1) is 0 Å². The summed E-state index contributed by atoms with van der Waals surface area (Å²) in [4.78, 5) is 12.4. The summed E-state index contributed by atoms with van der Waals surface area (Å²) in [6, 6.07) is 8.35. The van der Waals surface area contributed by atoms with Crippen molar-refractivity contribution in [1.82, 2.24) is 9.78 Å². The lowest BCUT2D eigenvalue weighted by Crippen LogP contribution is -2.12. The number of carbonyl (C=O) groups is 1. The van der Waals surface area contributed by atoms with Gasteiger partial charge in [-0.05, 0) is 44.4 Å². The Balaban J connectivity index is 2.11. The quantitative estimate of drug-likeness (QED) is 0.814. The predicted molar refractivity (Wildman–Crippen MR) is 85.6 cm³/mol. The van der Waals surface area contributed by atoms with Crippen molar-refractivity contribution in [1.29, 1.82) is 0 Å². The summed E-state index contributed by atoms with van der Waals surface area (Å²) in [5.74, 6) is 0.251. The number of carbonyl (C=O) groups excluding carboxylic acids is 1. The zero-order valence-electron chi connectivity index (χ0n) is 13.4. The highest BCUT2D eigenvalue weighted by Gasteiger charge is 2.12. The zero-order valence-corrected chi connectivity index (χ0v) is 13.4. The number of ketones is 1. The molecule has 1 heterocycles. The molecule has 0 aliphatic heterocycles. The molecule has 3 nitrogen and oxygen atoms in total. The number of Topliss-reactive ketones (excluding diaryl/α,β-unsaturated/α-hetero) is 1. The van der Waals surface area contributed by atoms with E-state index in [9.17, 15) is 4.79 Å². The molecule has 1 aromatic heterocycles. The highest BCUT2D eigenvalue weighted by molar-refractivity contribution is 5.83. The highest BCUT2D eigenvalue weighted by atomic mass is 16.1. The van der Waals surface area contributed by atoms with Crippen LogP contribution in [0.5, 0.6) is 0 Å². The minimum Gasteiger partial charge on any atom is -0.299 e. The maximum Gasteiger partial charge on any atom is 0.143 e. The van der Waals surface area contributed by atoms with Crippen molar-refractivity contribution in [3.05, 3.63) is 52.3 Å². The van der Waals surface area contributed by atoms with Gasteiger partial charge in [-0.25, -0.2) is 0 Å². The van der Waals surface area contributed by atoms with E-state index in [0.717, 1.165) is 29.9 Å². The molecule has 3 heteroatoms. The second kappa shape index (κ2) is 6.70. The molecule has 0 radical (unpaired) electrons. The average Bonchev–Trinajstić information content (AvgIpc) is 2.85. The first-order valence-corrected chi connectivity index (χ1v) is 7.66. The second-order valence-electron chi connectivity index (χ2n) is 5.62. The van der Waals surface area contributed by atoms with E-state index in [1.54, 1.807) is 0 Å². The van der Waals surface area contributed by atoms with E-state index in [4.69, 9.17) is 0 Å². The van der Waals surface area contributed by atoms with Gasteiger partial charge in [0.25, 0.3) is 0 Å². The van der Waals surface area contributed by atoms with Crippen molar-refractivity contribution in [3.8, 4) is 0 Å². The number of nitrogens with zero attached hydrogens (tertiary/aromatic N) is 2. The van der Waals surface area contributed by atoms with Gasteiger partial charge in [0, 0.05) is 25.1 Å². The standard InChI is InChI=1S/C18H24N2O/c1-5-16-11-17(20(6-2)19-16)12-18(21)10-15-9-13(3)7-8-14(15)4/h7-9,11H,5-6,10,12H2,1-4H3. The first-order chi connectivity index (χ1) is 10.0. The summed E-state index contributed by atoms with van der Waals surface area (Å²) < 4.78 is 1.94. The molecule has 0 saturated heterocycles. The zero-order chi connectivity index (χ0) is 15.4. The summed E-state index contributed by atoms with van der Waals surface area (Å²) in [5.41, 5.74) is 5.62. The first-order valence-electron chi connectivity index (χ1n) is 7.66. The molecule has 0 fully saturated rings. The minimum absolute atomic E-state index is 0.251. The van der Waals surface area contributed by atoms with E-state index >= 15 is 0 Å². The molecule has 0 amide bonds. The van der Waals surface area contributed by atoms with Crippen LogP contribution in [0.15, 0.2) is 24.3 Å². The van der Waals surface area contributed by atoms with Crippen molar-refractivity contribution in [2.45, 2.75) is 53.5 Å². The molecule has 0 bridgehead atoms. The molecule has 2 aromatic rings. The Bertz CT molecular complexity index is 641. The summed E-state index contributed by atoms with van der Waals surface area (Å²) >= 11 is 0. The van der Waals surface area contributed by atoms with Gasteiger partial charge >= 0.3 is 0 Å². The number of hydrogen-bond acceptors (Lipinski definition) is 2. The molecule has 0 aliphatic rings. The average molecular weight is 284 g/mol. The van der Waals surface area contributed by atoms with Gasteiger partial charge in [-0.1, -0.05) is 30.7 Å². The summed E-state index contributed by atoms with van der Waals surface area (Å²) in [5, 5.41) is 4.50. The van der Waals surface area contributed by atoms with Crippen LogP contribution in [0.1, 0.15) is 41.9 Å². The molecule has 0 unspecified atom stereocenters. The highest BCUT2D eigenvalue weighted by Crippen LogP contribution is 2.14. The number of aromatic nitrogens is 2. The summed E-state index contributed by atoms with van der Waals surface area (Å²) in [6.07, 6.45) is 1.88. The molecule has 0 saturated carbocycles. The maximum atomic E-state index is 12.4. The monoisotopic (exact) mass is 284 g/mol. The SMILES string of the molecule is CCc1cc(CC(=O)Cc2cc(C)ccc2C)n(CC)n1. The Morgan fingerprint density at radius 3 is 2.57 bits per heavy atom. The van der Waals surface area contributed by atoms with Crippen LogP contribution in [-0.2, 0) is 30.6 Å². The van der Waals surface area contributed by atoms with Crippen molar-refractivity contribution in [3.63, 3.8) is 0 Å². The number of aryl methyl sites for hydroxylation is 4. The third kappa shape index (κ3) is 3.81. The van der Waals surface area contributed by atoms with Crippen molar-refractivity contribution in [2.24, 2.45) is 0 Å². The van der Waals surface area contributed by atoms with Gasteiger partial charge in [0.1, 0.15) is 5.78 Å². The van der Waals surface area contributed by atoms with Crippen molar-refractivity contribution < 1.29 is 4.79 Å². The number of rotatable bonds is 6. The maximum absolute atomic E-state index is 12.4. The van der Waals surface area contributed by atoms with E-state index in [2.05, 4.69) is 57.1 Å². The van der Waals surface area contributed by atoms with Gasteiger partial charge in [-0.2, -0.15) is 5.10 Å². The van der Waals surface area contributed by atoms with E-state index in [-0.39, 0.29) is 5.78 Å². The smallest absolute Gasteiger partial charge is 0.143 e. The molecule has 1 aromatic carbocycles. The van der Waals surface area contributed by atoms with Crippen LogP contribution in [0.3, 0.4) is 0 Å². The van der Waals surface area contributed by atoms with E-state index < -0.39 is 0 Å². The molecular weight excluding hydrogens is 260 g/mol. The van der Waals surface area contributed by atoms with E-state index in [1.165, 1.54) is 11.1 Å². The van der Waals surface area contributed by atoms with Gasteiger partial charge in [0.15, 0.2) is 0 Å². The molecule has 0 aliphatic carbocycles. The van der Waals surface area contributed by atoms with Gasteiger partial charge < -0.3 is 0 Å². The number of hydrogen-bond donors (Lipinski definition) is 0. The Kier molecular flexibility index (Phi) is 4.94. The Hall–Kier alpha value is -1.90. The van der Waals surface area contributed by atoms with Crippen molar-refractivity contribution >= 4 is 5.78 Å². The summed E-state index contributed by atoms with van der Waals surface area (Å²) in [6.45, 7) is 9.09. The lowest BCUT2D eigenvalue weighted by Gasteiger charge is -2.07. The lowest BCUT2D eigenvalue weighted by molar-refractivity contribution is -0.117. The van der Waals surface area contributed by atoms with E-state index in [1.807, 2.05) is 4.68 Å². The molecular formula is C18H24N2O. The van der Waals surface area contributed by atoms with Gasteiger partial charge in [0.2, 0.25) is 0 Å². The van der Waals surface area contributed by atoms with Crippen LogP contribution >= 0.6 is 0 Å². The van der Waals surface area contributed by atoms with Gasteiger partial charge in [0.05, 0.1) is 5.69 Å². The fourth-order valence-electron chi connectivity index (χ4n) is 2.57. The van der Waals surface area contributed by atoms with Crippen molar-refractivity contribution in [2.75, 3.05) is 0 Å². The first kappa shape index (κ1) is 15.5. The minimum atomic E-state index is 0.251. The molecule has 112 valence electrons. The molecule has 21 heavy (non-hydrogen) atoms. The lowest BCUT2D eigenvalue weighted by atomic mass is 9.99. The fraction of sp³-hybridized carbons (Fsp3) is 0.444. The fourth-order valence-corrected chi connectivity index (χ4v) is 2.57. The van der Waals surface area contributed by atoms with Crippen LogP contribution in [0.2, 0.25) is 0 Å². The molecule has 2 rings (SSSR count). The Morgan fingerprint density at radius 2 is 1.90 bits per heavy atom. The topological polar surface area (TPSA) is 34.9 Å². The second-order valence-corrected chi connectivity index (χ2v) is 5.62. The van der Waals surface area contributed by atoms with Crippen LogP contribution in [0, 0.1) is 13.8 Å². The Labute approximate surface area is 127 Å². The van der Waals surface area contributed by atoms with E-state index in [0.29, 0.717) is 12.8 Å². The van der Waals surface area contributed by atoms with Crippen LogP contribution in [0.4, 0.5) is 0 Å². The molecule has 0 N–H and O–H groups in total. The summed E-state index contributed by atoms with van der Waals surface area (Å²) in [7, 11) is 0. The van der Waals surface area contributed by atoms with Crippen LogP contribution in [0.25, 0.3) is 0 Å². The third-order valence-electron chi connectivity index (χ3n) is 3.85. The molecule has 0 atom stereocenters. The van der Waals surface area contributed by atoms with Crippen LogP contribution < -0.4 is 0 Å². The normalized spacial score (nSPS) is 10.9. The third-order valence-corrected chi connectivity index (χ3v) is 3.85. The predicted octanol–water partition coefficient (Wildman–Crippen LogP) is 3.44. The Morgan fingerprint density at radius 1 is 1.14 bits per heavy atom. The number of benzene rings is 1. The molecule has 0 spiro atoms.